The molecule has 1 amide bonds. The molecule has 5 heterocycles. The van der Waals surface area contributed by atoms with Gasteiger partial charge in [-0.3, -0.25) is 14.6 Å². The third kappa shape index (κ3) is 5.30. The van der Waals surface area contributed by atoms with E-state index in [0.29, 0.717) is 42.9 Å². The van der Waals surface area contributed by atoms with Crippen molar-refractivity contribution in [3.63, 3.8) is 0 Å². The number of halogens is 1. The lowest BCUT2D eigenvalue weighted by Gasteiger charge is -2.42. The van der Waals surface area contributed by atoms with Gasteiger partial charge in [0.15, 0.2) is 0 Å². The second kappa shape index (κ2) is 11.6. The van der Waals surface area contributed by atoms with Crippen molar-refractivity contribution in [1.82, 2.24) is 24.3 Å². The minimum absolute atomic E-state index is 0.130. The van der Waals surface area contributed by atoms with Crippen molar-refractivity contribution >= 4 is 5.91 Å². The van der Waals surface area contributed by atoms with Gasteiger partial charge in [0, 0.05) is 75.3 Å². The van der Waals surface area contributed by atoms with Crippen molar-refractivity contribution in [2.24, 2.45) is 5.92 Å². The van der Waals surface area contributed by atoms with Crippen molar-refractivity contribution in [2.45, 2.75) is 89.5 Å². The number of fused-ring (bicyclic) bond motifs is 3. The number of aromatic nitrogens is 2. The zero-order valence-corrected chi connectivity index (χ0v) is 25.1. The molecule has 5 atom stereocenters. The van der Waals surface area contributed by atoms with Crippen LogP contribution in [-0.4, -0.2) is 68.4 Å². The van der Waals surface area contributed by atoms with Crippen LogP contribution in [0, 0.1) is 18.7 Å². The second-order valence-corrected chi connectivity index (χ2v) is 13.1. The molecule has 6 nitrogen and oxygen atoms in total. The number of aryl methyl sites for hydroxylation is 1. The van der Waals surface area contributed by atoms with Gasteiger partial charge in [-0.1, -0.05) is 49.4 Å². The Kier molecular flexibility index (Phi) is 7.65. The molecule has 1 aromatic heterocycles. The molecule has 2 bridgehead atoms. The Balaban J connectivity index is 1.07. The smallest absolute Gasteiger partial charge is 0.222 e. The molecule has 3 saturated heterocycles. The number of nitrogens with zero attached hydrogens (tertiary/aromatic N) is 5. The summed E-state index contributed by atoms with van der Waals surface area (Å²) in [5.74, 6) is 2.04. The average molecular weight is 570 g/mol. The molecule has 7 rings (SSSR count). The summed E-state index contributed by atoms with van der Waals surface area (Å²) in [6.45, 7) is 9.63. The SMILES string of the molecule is CCC(=O)N1CCc2c(nc(C)n2C2C[C@H]3CC[C@@H](C2)N3C[C@H]2CN(Cc3ccccc3)C[C@@H]2c2cccc(F)c2)C1. The Morgan fingerprint density at radius 3 is 2.52 bits per heavy atom. The van der Waals surface area contributed by atoms with Crippen LogP contribution in [0.4, 0.5) is 4.39 Å². The van der Waals surface area contributed by atoms with Gasteiger partial charge in [0.2, 0.25) is 5.91 Å². The van der Waals surface area contributed by atoms with Crippen molar-refractivity contribution in [1.29, 1.82) is 0 Å². The minimum Gasteiger partial charge on any atom is -0.336 e. The molecule has 0 radical (unpaired) electrons. The topological polar surface area (TPSA) is 44.6 Å². The van der Waals surface area contributed by atoms with Gasteiger partial charge >= 0.3 is 0 Å². The van der Waals surface area contributed by atoms with Crippen LogP contribution in [0.15, 0.2) is 54.6 Å². The largest absolute Gasteiger partial charge is 0.336 e. The van der Waals surface area contributed by atoms with Gasteiger partial charge in [0.1, 0.15) is 11.6 Å². The van der Waals surface area contributed by atoms with Gasteiger partial charge in [-0.05, 0) is 61.8 Å². The molecule has 42 heavy (non-hydrogen) atoms. The zero-order valence-electron chi connectivity index (χ0n) is 25.1. The molecule has 0 N–H and O–H groups in total. The van der Waals surface area contributed by atoms with Crippen LogP contribution < -0.4 is 0 Å². The van der Waals surface area contributed by atoms with Crippen molar-refractivity contribution < 1.29 is 9.18 Å². The van der Waals surface area contributed by atoms with Crippen LogP contribution in [0.3, 0.4) is 0 Å². The van der Waals surface area contributed by atoms with E-state index in [2.05, 4.69) is 57.7 Å². The maximum atomic E-state index is 14.3. The zero-order chi connectivity index (χ0) is 28.8. The van der Waals surface area contributed by atoms with Crippen molar-refractivity contribution in [2.75, 3.05) is 26.2 Å². The van der Waals surface area contributed by atoms with E-state index >= 15 is 0 Å². The molecular weight excluding hydrogens is 525 g/mol. The highest BCUT2D eigenvalue weighted by Crippen LogP contribution is 2.45. The number of imidazole rings is 1. The first kappa shape index (κ1) is 27.8. The highest BCUT2D eigenvalue weighted by atomic mass is 19.1. The number of piperidine rings is 1. The number of likely N-dealkylation sites (tertiary alicyclic amines) is 1. The summed E-state index contributed by atoms with van der Waals surface area (Å²) >= 11 is 0. The highest BCUT2D eigenvalue weighted by Gasteiger charge is 2.45. The van der Waals surface area contributed by atoms with E-state index in [-0.39, 0.29) is 11.7 Å². The van der Waals surface area contributed by atoms with Crippen LogP contribution >= 0.6 is 0 Å². The number of carbonyl (C=O) groups is 1. The summed E-state index contributed by atoms with van der Waals surface area (Å²) in [5.41, 5.74) is 4.97. The van der Waals surface area contributed by atoms with Gasteiger partial charge in [-0.15, -0.1) is 0 Å². The predicted molar refractivity (Wildman–Crippen MR) is 163 cm³/mol. The second-order valence-electron chi connectivity index (χ2n) is 13.1. The normalized spacial score (nSPS) is 27.9. The van der Waals surface area contributed by atoms with E-state index in [9.17, 15) is 9.18 Å². The standard InChI is InChI=1S/C35H44FN5O/c1-3-35(42)39-15-14-34-33(23-39)37-24(2)41(34)31-17-29-12-13-30(18-31)40(29)21-27-20-38(19-25-8-5-4-6-9-25)22-32(27)26-10-7-11-28(36)16-26/h4-11,16,27,29-32H,3,12-15,17-23H2,1-2H3/t27-,29-,30+,31?,32-/m1/s1. The molecular formula is C35H44FN5O. The fraction of sp³-hybridized carbons (Fsp3) is 0.543. The highest BCUT2D eigenvalue weighted by molar-refractivity contribution is 5.76. The molecule has 4 aliphatic heterocycles. The van der Waals surface area contributed by atoms with Crippen LogP contribution in [-0.2, 0) is 24.3 Å². The predicted octanol–water partition coefficient (Wildman–Crippen LogP) is 5.71. The average Bonchev–Trinajstić information content (AvgIpc) is 3.62. The summed E-state index contributed by atoms with van der Waals surface area (Å²) in [6.07, 6.45) is 6.33. The lowest BCUT2D eigenvalue weighted by molar-refractivity contribution is -0.131. The van der Waals surface area contributed by atoms with Gasteiger partial charge in [0.05, 0.1) is 12.2 Å². The summed E-state index contributed by atoms with van der Waals surface area (Å²) < 4.78 is 16.9. The molecule has 4 aliphatic rings. The van der Waals surface area contributed by atoms with E-state index in [1.54, 1.807) is 12.1 Å². The first-order valence-electron chi connectivity index (χ1n) is 16.1. The Morgan fingerprint density at radius 1 is 1.00 bits per heavy atom. The fourth-order valence-electron chi connectivity index (χ4n) is 8.72. The molecule has 1 unspecified atom stereocenters. The van der Waals surface area contributed by atoms with Gasteiger partial charge in [-0.2, -0.15) is 0 Å². The fourth-order valence-corrected chi connectivity index (χ4v) is 8.72. The number of carbonyl (C=O) groups excluding carboxylic acids is 1. The van der Waals surface area contributed by atoms with Crippen LogP contribution in [0.2, 0.25) is 0 Å². The first-order chi connectivity index (χ1) is 20.5. The van der Waals surface area contributed by atoms with Crippen LogP contribution in [0.1, 0.15) is 79.3 Å². The molecule has 2 aromatic carbocycles. The van der Waals surface area contributed by atoms with E-state index in [1.165, 1.54) is 36.9 Å². The van der Waals surface area contributed by atoms with E-state index in [0.717, 1.165) is 56.2 Å². The molecule has 0 saturated carbocycles. The molecule has 7 heteroatoms. The number of hydrogen-bond acceptors (Lipinski definition) is 4. The third-order valence-corrected chi connectivity index (χ3v) is 10.6. The van der Waals surface area contributed by atoms with Crippen LogP contribution in [0.25, 0.3) is 0 Å². The maximum Gasteiger partial charge on any atom is 0.222 e. The van der Waals surface area contributed by atoms with Crippen LogP contribution in [0.5, 0.6) is 0 Å². The van der Waals surface area contributed by atoms with Gasteiger partial charge in [0.25, 0.3) is 0 Å². The Hall–Kier alpha value is -3.03. The Labute approximate surface area is 249 Å². The first-order valence-corrected chi connectivity index (χ1v) is 16.1. The molecule has 3 aromatic rings. The molecule has 222 valence electrons. The van der Waals surface area contributed by atoms with E-state index in [4.69, 9.17) is 4.98 Å². The summed E-state index contributed by atoms with van der Waals surface area (Å²) in [4.78, 5) is 24.7. The molecule has 0 aliphatic carbocycles. The Morgan fingerprint density at radius 2 is 1.79 bits per heavy atom. The monoisotopic (exact) mass is 569 g/mol. The number of amides is 1. The quantitative estimate of drug-likeness (QED) is 0.366. The lowest BCUT2D eigenvalue weighted by Crippen LogP contribution is -2.47. The molecule has 0 spiro atoms. The third-order valence-electron chi connectivity index (χ3n) is 10.6. The van der Waals surface area contributed by atoms with Crippen molar-refractivity contribution in [3.8, 4) is 0 Å². The summed E-state index contributed by atoms with van der Waals surface area (Å²) in [5, 5.41) is 0. The van der Waals surface area contributed by atoms with Crippen molar-refractivity contribution in [3.05, 3.63) is 88.8 Å². The number of benzene rings is 2. The van der Waals surface area contributed by atoms with Gasteiger partial charge in [-0.25, -0.2) is 9.37 Å². The number of rotatable bonds is 7. The van der Waals surface area contributed by atoms with Gasteiger partial charge < -0.3 is 9.47 Å². The minimum atomic E-state index is -0.130. The van der Waals surface area contributed by atoms with E-state index < -0.39 is 0 Å². The molecule has 3 fully saturated rings. The maximum absolute atomic E-state index is 14.3. The number of hydrogen-bond donors (Lipinski definition) is 0. The summed E-state index contributed by atoms with van der Waals surface area (Å²) in [6, 6.07) is 19.8. The Bertz CT molecular complexity index is 1410. The van der Waals surface area contributed by atoms with E-state index in [1.807, 2.05) is 17.9 Å². The summed E-state index contributed by atoms with van der Waals surface area (Å²) in [7, 11) is 0. The lowest BCUT2D eigenvalue weighted by atomic mass is 9.87.